The van der Waals surface area contributed by atoms with Crippen molar-refractivity contribution in [2.24, 2.45) is 5.92 Å². The van der Waals surface area contributed by atoms with Gasteiger partial charge in [0.25, 0.3) is 0 Å². The molecule has 0 aromatic heterocycles. The third kappa shape index (κ3) is 2.61. The SMILES string of the molecule is Cc1cc(CC(C)C(=O)O)c(C)c(F)c1Br. The van der Waals surface area contributed by atoms with Gasteiger partial charge >= 0.3 is 5.97 Å². The van der Waals surface area contributed by atoms with Gasteiger partial charge in [-0.05, 0) is 52.9 Å². The van der Waals surface area contributed by atoms with Crippen LogP contribution in [0.15, 0.2) is 10.5 Å². The van der Waals surface area contributed by atoms with Gasteiger partial charge in [0, 0.05) is 0 Å². The van der Waals surface area contributed by atoms with Crippen molar-refractivity contribution < 1.29 is 14.3 Å². The van der Waals surface area contributed by atoms with Crippen molar-refractivity contribution in [1.29, 1.82) is 0 Å². The van der Waals surface area contributed by atoms with Crippen LogP contribution in [0, 0.1) is 25.6 Å². The predicted molar refractivity (Wildman–Crippen MR) is 64.1 cm³/mol. The van der Waals surface area contributed by atoms with Crippen LogP contribution in [0.25, 0.3) is 0 Å². The normalized spacial score (nSPS) is 12.6. The van der Waals surface area contributed by atoms with E-state index in [0.717, 1.165) is 11.1 Å². The van der Waals surface area contributed by atoms with Crippen LogP contribution in [0.2, 0.25) is 0 Å². The van der Waals surface area contributed by atoms with Gasteiger partial charge in [0.15, 0.2) is 0 Å². The molecule has 0 fully saturated rings. The highest BCUT2D eigenvalue weighted by Gasteiger charge is 2.16. The molecule has 0 aliphatic rings. The first-order chi connectivity index (χ1) is 7.34. The summed E-state index contributed by atoms with van der Waals surface area (Å²) in [6.07, 6.45) is 0.353. The van der Waals surface area contributed by atoms with Crippen LogP contribution in [-0.4, -0.2) is 11.1 Å². The molecule has 1 N–H and O–H groups in total. The van der Waals surface area contributed by atoms with Gasteiger partial charge in [0.1, 0.15) is 5.82 Å². The first kappa shape index (κ1) is 13.2. The molecular formula is C12H14BrFO2. The van der Waals surface area contributed by atoms with Gasteiger partial charge < -0.3 is 5.11 Å². The molecule has 0 radical (unpaired) electrons. The van der Waals surface area contributed by atoms with Gasteiger partial charge in [-0.25, -0.2) is 4.39 Å². The fourth-order valence-corrected chi connectivity index (χ4v) is 1.95. The molecule has 1 atom stereocenters. The summed E-state index contributed by atoms with van der Waals surface area (Å²) in [4.78, 5) is 10.7. The van der Waals surface area contributed by atoms with Crippen molar-refractivity contribution in [1.82, 2.24) is 0 Å². The van der Waals surface area contributed by atoms with E-state index < -0.39 is 11.9 Å². The van der Waals surface area contributed by atoms with Crippen molar-refractivity contribution in [3.8, 4) is 0 Å². The van der Waals surface area contributed by atoms with Crippen LogP contribution >= 0.6 is 15.9 Å². The van der Waals surface area contributed by atoms with Crippen LogP contribution in [-0.2, 0) is 11.2 Å². The number of halogens is 2. The highest BCUT2D eigenvalue weighted by molar-refractivity contribution is 9.10. The summed E-state index contributed by atoms with van der Waals surface area (Å²) in [5.74, 6) is -1.66. The second kappa shape index (κ2) is 4.95. The zero-order chi connectivity index (χ0) is 12.5. The third-order valence-electron chi connectivity index (χ3n) is 2.69. The largest absolute Gasteiger partial charge is 0.481 e. The van der Waals surface area contributed by atoms with Crippen LogP contribution < -0.4 is 0 Å². The molecule has 2 nitrogen and oxygen atoms in total. The molecule has 0 amide bonds. The molecule has 0 aliphatic heterocycles. The number of aliphatic carboxylic acids is 1. The topological polar surface area (TPSA) is 37.3 Å². The minimum atomic E-state index is -0.861. The van der Waals surface area contributed by atoms with Gasteiger partial charge in [0.2, 0.25) is 0 Å². The highest BCUT2D eigenvalue weighted by atomic mass is 79.9. The number of aryl methyl sites for hydroxylation is 1. The number of hydrogen-bond donors (Lipinski definition) is 1. The lowest BCUT2D eigenvalue weighted by Gasteiger charge is -2.12. The summed E-state index contributed by atoms with van der Waals surface area (Å²) in [6.45, 7) is 5.09. The molecule has 0 heterocycles. The Balaban J connectivity index is 3.11. The Bertz CT molecular complexity index is 430. The molecule has 0 saturated heterocycles. The fourth-order valence-electron chi connectivity index (χ4n) is 1.54. The van der Waals surface area contributed by atoms with Gasteiger partial charge in [-0.15, -0.1) is 0 Å². The molecule has 0 saturated carbocycles. The molecule has 4 heteroatoms. The van der Waals surface area contributed by atoms with E-state index in [1.165, 1.54) is 0 Å². The summed E-state index contributed by atoms with van der Waals surface area (Å²) in [7, 11) is 0. The van der Waals surface area contributed by atoms with E-state index in [2.05, 4.69) is 15.9 Å². The van der Waals surface area contributed by atoms with Crippen molar-refractivity contribution >= 4 is 21.9 Å². The Morgan fingerprint density at radius 2 is 2.12 bits per heavy atom. The minimum absolute atomic E-state index is 0.299. The van der Waals surface area contributed by atoms with Crippen molar-refractivity contribution in [2.75, 3.05) is 0 Å². The third-order valence-corrected chi connectivity index (χ3v) is 3.66. The van der Waals surface area contributed by atoms with E-state index in [-0.39, 0.29) is 5.82 Å². The van der Waals surface area contributed by atoms with Gasteiger partial charge in [-0.1, -0.05) is 13.0 Å². The molecular weight excluding hydrogens is 275 g/mol. The predicted octanol–water partition coefficient (Wildman–Crippen LogP) is 3.47. The zero-order valence-electron chi connectivity index (χ0n) is 9.47. The minimum Gasteiger partial charge on any atom is -0.481 e. The maximum Gasteiger partial charge on any atom is 0.306 e. The lowest BCUT2D eigenvalue weighted by molar-refractivity contribution is -0.141. The molecule has 16 heavy (non-hydrogen) atoms. The number of rotatable bonds is 3. The van der Waals surface area contributed by atoms with Crippen LogP contribution in [0.1, 0.15) is 23.6 Å². The zero-order valence-corrected chi connectivity index (χ0v) is 11.1. The lowest BCUT2D eigenvalue weighted by atomic mass is 9.95. The Labute approximate surface area is 103 Å². The van der Waals surface area contributed by atoms with Crippen molar-refractivity contribution in [3.63, 3.8) is 0 Å². The van der Waals surface area contributed by atoms with Crippen LogP contribution in [0.3, 0.4) is 0 Å². The molecule has 0 bridgehead atoms. The van der Waals surface area contributed by atoms with Crippen molar-refractivity contribution in [3.05, 3.63) is 33.0 Å². The summed E-state index contributed by atoms with van der Waals surface area (Å²) in [6, 6.07) is 1.84. The molecule has 0 aliphatic carbocycles. The summed E-state index contributed by atoms with van der Waals surface area (Å²) < 4.78 is 14.2. The van der Waals surface area contributed by atoms with E-state index in [4.69, 9.17) is 5.11 Å². The molecule has 1 aromatic carbocycles. The standard InChI is InChI=1S/C12H14BrFO2/c1-6-4-9(5-7(2)12(15)16)8(3)11(14)10(6)13/h4,7H,5H2,1-3H3,(H,15,16). The Hall–Kier alpha value is -0.900. The van der Waals surface area contributed by atoms with Gasteiger partial charge in [-0.2, -0.15) is 0 Å². The Kier molecular flexibility index (Phi) is 4.08. The number of carbonyl (C=O) groups is 1. The van der Waals surface area contributed by atoms with E-state index in [0.29, 0.717) is 16.5 Å². The van der Waals surface area contributed by atoms with Crippen LogP contribution in [0.4, 0.5) is 4.39 Å². The molecule has 1 aromatic rings. The summed E-state index contributed by atoms with van der Waals surface area (Å²) in [5, 5.41) is 8.82. The number of hydrogen-bond acceptors (Lipinski definition) is 1. The maximum atomic E-state index is 13.7. The average Bonchev–Trinajstić information content (AvgIpc) is 2.22. The number of carboxylic acid groups (broad SMARTS) is 1. The summed E-state index contributed by atoms with van der Waals surface area (Å²) >= 11 is 3.17. The van der Waals surface area contributed by atoms with E-state index in [9.17, 15) is 9.18 Å². The van der Waals surface area contributed by atoms with Crippen LogP contribution in [0.5, 0.6) is 0 Å². The molecule has 1 unspecified atom stereocenters. The Morgan fingerprint density at radius 1 is 1.56 bits per heavy atom. The first-order valence-corrected chi connectivity index (χ1v) is 5.80. The number of carboxylic acids is 1. The van der Waals surface area contributed by atoms with Gasteiger partial charge in [0.05, 0.1) is 10.4 Å². The maximum absolute atomic E-state index is 13.7. The second-order valence-corrected chi connectivity index (χ2v) is 4.84. The first-order valence-electron chi connectivity index (χ1n) is 5.01. The average molecular weight is 289 g/mol. The highest BCUT2D eigenvalue weighted by Crippen LogP contribution is 2.27. The van der Waals surface area contributed by atoms with E-state index in [1.807, 2.05) is 6.07 Å². The Morgan fingerprint density at radius 3 is 2.62 bits per heavy atom. The van der Waals surface area contributed by atoms with Gasteiger partial charge in [-0.3, -0.25) is 4.79 Å². The second-order valence-electron chi connectivity index (χ2n) is 4.05. The molecule has 0 spiro atoms. The molecule has 1 rings (SSSR count). The molecule has 88 valence electrons. The smallest absolute Gasteiger partial charge is 0.306 e. The summed E-state index contributed by atoms with van der Waals surface area (Å²) in [5.41, 5.74) is 2.06. The van der Waals surface area contributed by atoms with E-state index >= 15 is 0 Å². The number of benzene rings is 1. The quantitative estimate of drug-likeness (QED) is 0.925. The van der Waals surface area contributed by atoms with Crippen molar-refractivity contribution in [2.45, 2.75) is 27.2 Å². The lowest BCUT2D eigenvalue weighted by Crippen LogP contribution is -2.13. The van der Waals surface area contributed by atoms with E-state index in [1.54, 1.807) is 20.8 Å². The monoisotopic (exact) mass is 288 g/mol. The fraction of sp³-hybridized carbons (Fsp3) is 0.417.